The van der Waals surface area contributed by atoms with Crippen LogP contribution in [0.2, 0.25) is 0 Å². The van der Waals surface area contributed by atoms with E-state index in [0.717, 1.165) is 35.1 Å². The summed E-state index contributed by atoms with van der Waals surface area (Å²) in [5.74, 6) is 0. The lowest BCUT2D eigenvalue weighted by molar-refractivity contribution is 0.642. The van der Waals surface area contributed by atoms with Gasteiger partial charge in [0.15, 0.2) is 5.65 Å². The first-order valence-electron chi connectivity index (χ1n) is 4.57. The average Bonchev–Trinajstić information content (AvgIpc) is 2.66. The van der Waals surface area contributed by atoms with E-state index >= 15 is 0 Å². The summed E-state index contributed by atoms with van der Waals surface area (Å²) < 4.78 is 0.927. The number of nitrogens with one attached hydrogen (secondary N) is 2. The van der Waals surface area contributed by atoms with E-state index in [2.05, 4.69) is 36.4 Å². The highest BCUT2D eigenvalue weighted by Gasteiger charge is 2.17. The quantitative estimate of drug-likeness (QED) is 0.697. The zero-order valence-electron chi connectivity index (χ0n) is 7.47. The Balaban J connectivity index is 2.39. The van der Waals surface area contributed by atoms with Gasteiger partial charge < -0.3 is 5.32 Å². The van der Waals surface area contributed by atoms with Crippen LogP contribution in [0.5, 0.6) is 0 Å². The van der Waals surface area contributed by atoms with Crippen LogP contribution in [0.3, 0.4) is 0 Å². The van der Waals surface area contributed by atoms with Gasteiger partial charge >= 0.3 is 0 Å². The fourth-order valence-corrected chi connectivity index (χ4v) is 2.49. The standard InChI is InChI=1S/C9H9BrN4/c10-8-6-3-11-2-1-5(6)7-4-12-14-9(7)13-8/h4,11H,1-3H2,(H,12,13,14). The van der Waals surface area contributed by atoms with E-state index in [9.17, 15) is 0 Å². The van der Waals surface area contributed by atoms with Crippen LogP contribution < -0.4 is 5.32 Å². The summed E-state index contributed by atoms with van der Waals surface area (Å²) in [5, 5.41) is 11.4. The summed E-state index contributed by atoms with van der Waals surface area (Å²) in [5.41, 5.74) is 3.51. The van der Waals surface area contributed by atoms with Crippen LogP contribution in [-0.4, -0.2) is 21.7 Å². The van der Waals surface area contributed by atoms with Crippen LogP contribution in [0.1, 0.15) is 11.1 Å². The number of aromatic nitrogens is 3. The van der Waals surface area contributed by atoms with Crippen molar-refractivity contribution in [3.63, 3.8) is 0 Å². The lowest BCUT2D eigenvalue weighted by Gasteiger charge is -2.18. The maximum absolute atomic E-state index is 4.41. The molecule has 3 rings (SSSR count). The first-order chi connectivity index (χ1) is 6.86. The largest absolute Gasteiger partial charge is 0.312 e. The van der Waals surface area contributed by atoms with Crippen molar-refractivity contribution in [1.29, 1.82) is 0 Å². The number of hydrogen-bond donors (Lipinski definition) is 2. The lowest BCUT2D eigenvalue weighted by atomic mass is 10.0. The Kier molecular flexibility index (Phi) is 1.81. The molecule has 0 atom stereocenters. The van der Waals surface area contributed by atoms with Gasteiger partial charge in [-0.25, -0.2) is 4.98 Å². The molecule has 5 heteroatoms. The second-order valence-corrected chi connectivity index (χ2v) is 4.17. The predicted octanol–water partition coefficient (Wildman–Crippen LogP) is 1.37. The van der Waals surface area contributed by atoms with E-state index in [1.807, 2.05) is 6.20 Å². The van der Waals surface area contributed by atoms with Crippen molar-refractivity contribution in [3.05, 3.63) is 21.9 Å². The second kappa shape index (κ2) is 3.03. The van der Waals surface area contributed by atoms with Crippen molar-refractivity contribution in [2.45, 2.75) is 13.0 Å². The molecule has 4 nitrogen and oxygen atoms in total. The molecule has 72 valence electrons. The Morgan fingerprint density at radius 2 is 2.29 bits per heavy atom. The summed E-state index contributed by atoms with van der Waals surface area (Å²) in [6, 6.07) is 0. The van der Waals surface area contributed by atoms with Crippen molar-refractivity contribution in [2.24, 2.45) is 0 Å². The number of H-pyrrole nitrogens is 1. The van der Waals surface area contributed by atoms with E-state index in [-0.39, 0.29) is 0 Å². The van der Waals surface area contributed by atoms with Gasteiger partial charge in [-0.2, -0.15) is 5.10 Å². The number of pyridine rings is 1. The first-order valence-corrected chi connectivity index (χ1v) is 5.36. The monoisotopic (exact) mass is 252 g/mol. The van der Waals surface area contributed by atoms with Gasteiger partial charge in [0.2, 0.25) is 0 Å². The Hall–Kier alpha value is -0.940. The minimum Gasteiger partial charge on any atom is -0.312 e. The molecular weight excluding hydrogens is 244 g/mol. The molecule has 0 bridgehead atoms. The third-order valence-electron chi connectivity index (χ3n) is 2.62. The van der Waals surface area contributed by atoms with E-state index in [1.54, 1.807) is 0 Å². The average molecular weight is 253 g/mol. The number of rotatable bonds is 0. The number of hydrogen-bond acceptors (Lipinski definition) is 3. The topological polar surface area (TPSA) is 53.6 Å². The molecule has 2 N–H and O–H groups in total. The minimum atomic E-state index is 0.873. The molecular formula is C9H9BrN4. The number of fused-ring (bicyclic) bond motifs is 3. The van der Waals surface area contributed by atoms with Crippen molar-refractivity contribution in [1.82, 2.24) is 20.5 Å². The molecule has 0 aromatic carbocycles. The maximum atomic E-state index is 4.41. The highest BCUT2D eigenvalue weighted by atomic mass is 79.9. The van der Waals surface area contributed by atoms with Gasteiger partial charge in [0.1, 0.15) is 4.60 Å². The first kappa shape index (κ1) is 8.38. The molecule has 1 aliphatic rings. The fraction of sp³-hybridized carbons (Fsp3) is 0.333. The fourth-order valence-electron chi connectivity index (χ4n) is 1.93. The van der Waals surface area contributed by atoms with Crippen molar-refractivity contribution < 1.29 is 0 Å². The van der Waals surface area contributed by atoms with Crippen LogP contribution >= 0.6 is 15.9 Å². The highest BCUT2D eigenvalue weighted by Crippen LogP contribution is 2.27. The third kappa shape index (κ3) is 1.09. The van der Waals surface area contributed by atoms with Crippen molar-refractivity contribution in [3.8, 4) is 0 Å². The highest BCUT2D eigenvalue weighted by molar-refractivity contribution is 9.10. The Bertz CT molecular complexity index is 491. The molecule has 0 amide bonds. The van der Waals surface area contributed by atoms with Gasteiger partial charge in [-0.15, -0.1) is 0 Å². The van der Waals surface area contributed by atoms with Crippen molar-refractivity contribution in [2.75, 3.05) is 6.54 Å². The van der Waals surface area contributed by atoms with Crippen LogP contribution in [0, 0.1) is 0 Å². The zero-order chi connectivity index (χ0) is 9.54. The van der Waals surface area contributed by atoms with Crippen molar-refractivity contribution >= 4 is 27.0 Å². The lowest BCUT2D eigenvalue weighted by Crippen LogP contribution is -2.24. The Morgan fingerprint density at radius 1 is 1.36 bits per heavy atom. The SMILES string of the molecule is Brc1nc2[nH]ncc2c2c1CNCC2. The van der Waals surface area contributed by atoms with E-state index in [0.29, 0.717) is 0 Å². The second-order valence-electron chi connectivity index (χ2n) is 3.42. The van der Waals surface area contributed by atoms with Gasteiger partial charge in [-0.05, 0) is 34.5 Å². The molecule has 2 aromatic rings. The van der Waals surface area contributed by atoms with Gasteiger partial charge in [-0.3, -0.25) is 5.10 Å². The van der Waals surface area contributed by atoms with Crippen LogP contribution in [0.25, 0.3) is 11.0 Å². The Labute approximate surface area is 89.2 Å². The minimum absolute atomic E-state index is 0.873. The van der Waals surface area contributed by atoms with E-state index < -0.39 is 0 Å². The Morgan fingerprint density at radius 3 is 3.21 bits per heavy atom. The molecule has 3 heterocycles. The van der Waals surface area contributed by atoms with Gasteiger partial charge in [0.25, 0.3) is 0 Å². The zero-order valence-corrected chi connectivity index (χ0v) is 9.06. The molecule has 0 spiro atoms. The number of halogens is 1. The van der Waals surface area contributed by atoms with Gasteiger partial charge in [0.05, 0.1) is 6.20 Å². The van der Waals surface area contributed by atoms with E-state index in [4.69, 9.17) is 0 Å². The summed E-state index contributed by atoms with van der Waals surface area (Å²) in [6.07, 6.45) is 2.91. The molecule has 0 fully saturated rings. The summed E-state index contributed by atoms with van der Waals surface area (Å²) in [7, 11) is 0. The number of nitrogens with zero attached hydrogens (tertiary/aromatic N) is 2. The molecule has 0 saturated heterocycles. The predicted molar refractivity (Wildman–Crippen MR) is 57.0 cm³/mol. The summed E-state index contributed by atoms with van der Waals surface area (Å²) in [6.45, 7) is 1.92. The molecule has 0 unspecified atom stereocenters. The normalized spacial score (nSPS) is 15.8. The van der Waals surface area contributed by atoms with Crippen LogP contribution in [0.15, 0.2) is 10.8 Å². The van der Waals surface area contributed by atoms with Crippen LogP contribution in [0.4, 0.5) is 0 Å². The molecule has 2 aromatic heterocycles. The summed E-state index contributed by atoms with van der Waals surface area (Å²) in [4.78, 5) is 4.41. The van der Waals surface area contributed by atoms with Gasteiger partial charge in [0, 0.05) is 17.5 Å². The molecule has 1 aliphatic heterocycles. The maximum Gasteiger partial charge on any atom is 0.156 e. The smallest absolute Gasteiger partial charge is 0.156 e. The van der Waals surface area contributed by atoms with Gasteiger partial charge in [-0.1, -0.05) is 0 Å². The molecule has 0 radical (unpaired) electrons. The molecule has 14 heavy (non-hydrogen) atoms. The van der Waals surface area contributed by atoms with Crippen LogP contribution in [-0.2, 0) is 13.0 Å². The summed E-state index contributed by atoms with van der Waals surface area (Å²) >= 11 is 3.49. The molecule has 0 aliphatic carbocycles. The van der Waals surface area contributed by atoms with E-state index in [1.165, 1.54) is 11.1 Å². The number of aromatic amines is 1. The molecule has 0 saturated carbocycles. The third-order valence-corrected chi connectivity index (χ3v) is 3.28.